The number of likely N-dealkylation sites (tertiary alicyclic amines) is 1. The molecule has 0 bridgehead atoms. The Kier molecular flexibility index (Phi) is 5.88. The molecule has 148 valence electrons. The van der Waals surface area contributed by atoms with E-state index in [1.807, 2.05) is 19.0 Å². The van der Waals surface area contributed by atoms with Crippen molar-refractivity contribution in [2.24, 2.45) is 5.92 Å². The molecule has 8 nitrogen and oxygen atoms in total. The molecule has 3 fully saturated rings. The van der Waals surface area contributed by atoms with Gasteiger partial charge in [-0.15, -0.1) is 0 Å². The van der Waals surface area contributed by atoms with Crippen molar-refractivity contribution in [3.8, 4) is 0 Å². The first-order valence-electron chi connectivity index (χ1n) is 9.49. The molecular formula is C17H30N4O4S. The molecule has 0 radical (unpaired) electrons. The maximum Gasteiger partial charge on any atom is 0.236 e. The van der Waals surface area contributed by atoms with Crippen LogP contribution in [-0.2, 0) is 19.6 Å². The van der Waals surface area contributed by atoms with Crippen LogP contribution >= 0.6 is 0 Å². The molecule has 26 heavy (non-hydrogen) atoms. The van der Waals surface area contributed by atoms with Gasteiger partial charge in [0.2, 0.25) is 21.8 Å². The van der Waals surface area contributed by atoms with Crippen LogP contribution in [0.5, 0.6) is 0 Å². The Balaban J connectivity index is 1.48. The first-order valence-corrected chi connectivity index (χ1v) is 11.0. The normalized spacial score (nSPS) is 23.5. The number of hydrogen-bond acceptors (Lipinski definition) is 5. The van der Waals surface area contributed by atoms with Gasteiger partial charge in [0, 0.05) is 45.2 Å². The Morgan fingerprint density at radius 1 is 0.962 bits per heavy atom. The second kappa shape index (κ2) is 7.82. The lowest BCUT2D eigenvalue weighted by atomic mass is 10.0. The van der Waals surface area contributed by atoms with Crippen molar-refractivity contribution < 1.29 is 18.0 Å². The van der Waals surface area contributed by atoms with Gasteiger partial charge in [0.05, 0.1) is 6.54 Å². The second-order valence-electron chi connectivity index (χ2n) is 7.91. The summed E-state index contributed by atoms with van der Waals surface area (Å²) in [7, 11) is 0.286. The molecule has 0 N–H and O–H groups in total. The molecular weight excluding hydrogens is 356 g/mol. The van der Waals surface area contributed by atoms with Crippen LogP contribution in [0.1, 0.15) is 25.7 Å². The van der Waals surface area contributed by atoms with Crippen molar-refractivity contribution in [1.82, 2.24) is 19.0 Å². The van der Waals surface area contributed by atoms with Crippen LogP contribution in [0.2, 0.25) is 0 Å². The summed E-state index contributed by atoms with van der Waals surface area (Å²) in [5.41, 5.74) is 0. The zero-order valence-corrected chi connectivity index (χ0v) is 16.6. The highest BCUT2D eigenvalue weighted by atomic mass is 32.2. The highest BCUT2D eigenvalue weighted by Crippen LogP contribution is 2.30. The quantitative estimate of drug-likeness (QED) is 0.632. The number of sulfonamides is 1. The van der Waals surface area contributed by atoms with E-state index in [0.717, 1.165) is 25.7 Å². The predicted octanol–water partition coefficient (Wildman–Crippen LogP) is -0.577. The van der Waals surface area contributed by atoms with Crippen LogP contribution in [-0.4, -0.2) is 104 Å². The minimum atomic E-state index is -3.40. The van der Waals surface area contributed by atoms with Gasteiger partial charge >= 0.3 is 0 Å². The smallest absolute Gasteiger partial charge is 0.236 e. The van der Waals surface area contributed by atoms with Crippen LogP contribution < -0.4 is 0 Å². The summed E-state index contributed by atoms with van der Waals surface area (Å²) in [5.74, 6) is 0.266. The van der Waals surface area contributed by atoms with E-state index in [1.165, 1.54) is 4.31 Å². The molecule has 9 heteroatoms. The molecule has 2 amide bonds. The van der Waals surface area contributed by atoms with Gasteiger partial charge in [0.15, 0.2) is 0 Å². The van der Waals surface area contributed by atoms with Gasteiger partial charge < -0.3 is 14.7 Å². The van der Waals surface area contributed by atoms with Crippen LogP contribution in [0.15, 0.2) is 0 Å². The van der Waals surface area contributed by atoms with Crippen LogP contribution in [0.25, 0.3) is 0 Å². The van der Waals surface area contributed by atoms with E-state index in [-0.39, 0.29) is 17.7 Å². The zero-order valence-electron chi connectivity index (χ0n) is 15.8. The molecule has 2 aliphatic heterocycles. The van der Waals surface area contributed by atoms with Gasteiger partial charge in [-0.2, -0.15) is 4.31 Å². The number of rotatable bonds is 5. The standard InChI is InChI=1S/C17H30N4O4S/c1-18(2)13-16(22)19-7-9-21(10-8-19)26(24,25)15-11-20(12-15)17(23)14-5-3-4-6-14/h14-15H,3-13H2,1-2H3. The topological polar surface area (TPSA) is 81.2 Å². The fraction of sp³-hybridized carbons (Fsp3) is 0.882. The monoisotopic (exact) mass is 386 g/mol. The molecule has 1 aliphatic carbocycles. The number of hydrogen-bond donors (Lipinski definition) is 0. The minimum absolute atomic E-state index is 0.0315. The van der Waals surface area contributed by atoms with E-state index in [9.17, 15) is 18.0 Å². The van der Waals surface area contributed by atoms with Crippen molar-refractivity contribution in [1.29, 1.82) is 0 Å². The number of nitrogens with zero attached hydrogens (tertiary/aromatic N) is 4. The maximum absolute atomic E-state index is 12.8. The Morgan fingerprint density at radius 3 is 2.08 bits per heavy atom. The van der Waals surface area contributed by atoms with Crippen molar-refractivity contribution in [2.75, 3.05) is 59.9 Å². The average Bonchev–Trinajstić information content (AvgIpc) is 3.07. The van der Waals surface area contributed by atoms with Crippen molar-refractivity contribution in [3.05, 3.63) is 0 Å². The van der Waals surface area contributed by atoms with E-state index in [4.69, 9.17) is 0 Å². The molecule has 0 unspecified atom stereocenters. The lowest BCUT2D eigenvalue weighted by Crippen LogP contribution is -2.63. The van der Waals surface area contributed by atoms with Gasteiger partial charge in [-0.3, -0.25) is 9.59 Å². The Bertz CT molecular complexity index is 631. The summed E-state index contributed by atoms with van der Waals surface area (Å²) in [5, 5.41) is -0.489. The molecule has 0 aromatic heterocycles. The maximum atomic E-state index is 12.8. The fourth-order valence-corrected chi connectivity index (χ4v) is 5.84. The number of piperazine rings is 1. The molecule has 1 saturated carbocycles. The van der Waals surface area contributed by atoms with E-state index < -0.39 is 15.3 Å². The van der Waals surface area contributed by atoms with Crippen molar-refractivity contribution in [3.63, 3.8) is 0 Å². The van der Waals surface area contributed by atoms with E-state index >= 15 is 0 Å². The SMILES string of the molecule is CN(C)CC(=O)N1CCN(S(=O)(=O)C2CN(C(=O)C3CCCC3)C2)CC1. The lowest BCUT2D eigenvalue weighted by Gasteiger charge is -2.43. The Hall–Kier alpha value is -1.19. The molecule has 0 aromatic carbocycles. The van der Waals surface area contributed by atoms with Gasteiger partial charge in [-0.05, 0) is 26.9 Å². The predicted molar refractivity (Wildman–Crippen MR) is 98.0 cm³/mol. The van der Waals surface area contributed by atoms with Gasteiger partial charge in [-0.1, -0.05) is 12.8 Å². The van der Waals surface area contributed by atoms with Gasteiger partial charge in [-0.25, -0.2) is 8.42 Å². The third kappa shape index (κ3) is 4.04. The minimum Gasteiger partial charge on any atom is -0.340 e. The largest absolute Gasteiger partial charge is 0.340 e. The third-order valence-electron chi connectivity index (χ3n) is 5.69. The lowest BCUT2D eigenvalue weighted by molar-refractivity contribution is -0.138. The Labute approximate surface area is 156 Å². The van der Waals surface area contributed by atoms with E-state index in [0.29, 0.717) is 45.8 Å². The molecule has 3 rings (SSSR count). The van der Waals surface area contributed by atoms with Crippen LogP contribution in [0.3, 0.4) is 0 Å². The van der Waals surface area contributed by atoms with E-state index in [2.05, 4.69) is 0 Å². The summed E-state index contributed by atoms with van der Waals surface area (Å²) >= 11 is 0. The Morgan fingerprint density at radius 2 is 1.54 bits per heavy atom. The summed E-state index contributed by atoms with van der Waals surface area (Å²) < 4.78 is 27.1. The molecule has 0 atom stereocenters. The van der Waals surface area contributed by atoms with Crippen LogP contribution in [0.4, 0.5) is 0 Å². The highest BCUT2D eigenvalue weighted by molar-refractivity contribution is 7.89. The second-order valence-corrected chi connectivity index (χ2v) is 10.1. The molecule has 0 spiro atoms. The number of likely N-dealkylation sites (N-methyl/N-ethyl adjacent to an activating group) is 1. The molecule has 3 aliphatic rings. The van der Waals surface area contributed by atoms with Crippen molar-refractivity contribution >= 4 is 21.8 Å². The summed E-state index contributed by atoms with van der Waals surface area (Å²) in [6, 6.07) is 0. The number of carbonyl (C=O) groups is 2. The molecule has 0 aromatic rings. The highest BCUT2D eigenvalue weighted by Gasteiger charge is 2.45. The third-order valence-corrected chi connectivity index (χ3v) is 7.91. The average molecular weight is 387 g/mol. The summed E-state index contributed by atoms with van der Waals surface area (Å²) in [4.78, 5) is 29.7. The summed E-state index contributed by atoms with van der Waals surface area (Å²) in [6.45, 7) is 2.53. The van der Waals surface area contributed by atoms with Gasteiger partial charge in [0.1, 0.15) is 5.25 Å². The summed E-state index contributed by atoms with van der Waals surface area (Å²) in [6.07, 6.45) is 4.08. The first kappa shape index (κ1) is 19.6. The zero-order chi connectivity index (χ0) is 18.9. The van der Waals surface area contributed by atoms with Crippen molar-refractivity contribution in [2.45, 2.75) is 30.9 Å². The molecule has 2 saturated heterocycles. The first-order chi connectivity index (χ1) is 12.3. The molecule has 2 heterocycles. The van der Waals surface area contributed by atoms with Gasteiger partial charge in [0.25, 0.3) is 0 Å². The number of carbonyl (C=O) groups excluding carboxylic acids is 2. The van der Waals surface area contributed by atoms with Crippen LogP contribution in [0, 0.1) is 5.92 Å². The van der Waals surface area contributed by atoms with E-state index in [1.54, 1.807) is 9.80 Å². The fourth-order valence-electron chi connectivity index (χ4n) is 4.01. The number of amides is 2.